The summed E-state index contributed by atoms with van der Waals surface area (Å²) >= 11 is 0. The zero-order valence-corrected chi connectivity index (χ0v) is 21.0. The van der Waals surface area contributed by atoms with Crippen LogP contribution < -0.4 is 19.0 Å². The first-order chi connectivity index (χ1) is 16.8. The van der Waals surface area contributed by atoms with E-state index in [-0.39, 0.29) is 29.3 Å². The van der Waals surface area contributed by atoms with Crippen molar-refractivity contribution in [1.29, 1.82) is 0 Å². The van der Waals surface area contributed by atoms with E-state index in [1.54, 1.807) is 54.5 Å². The van der Waals surface area contributed by atoms with E-state index in [4.69, 9.17) is 13.7 Å². The SMILES string of the molecule is CC[C@H](C)N(Cc1cccc(OS(=O)(=O)c2ccc(OC)cc2)c1)C(=O)Nc1ccccc1OC. The van der Waals surface area contributed by atoms with Crippen LogP contribution >= 0.6 is 0 Å². The van der Waals surface area contributed by atoms with Crippen LogP contribution in [-0.2, 0) is 16.7 Å². The molecule has 0 aliphatic carbocycles. The average molecular weight is 499 g/mol. The second-order valence-corrected chi connectivity index (χ2v) is 9.42. The first-order valence-corrected chi connectivity index (χ1v) is 12.6. The lowest BCUT2D eigenvalue weighted by molar-refractivity contribution is 0.187. The molecule has 0 aromatic heterocycles. The molecule has 0 spiro atoms. The minimum Gasteiger partial charge on any atom is -0.497 e. The minimum atomic E-state index is -4.03. The van der Waals surface area contributed by atoms with Gasteiger partial charge in [-0.05, 0) is 67.4 Å². The third kappa shape index (κ3) is 6.66. The molecular weight excluding hydrogens is 468 g/mol. The number of para-hydroxylation sites is 2. The summed E-state index contributed by atoms with van der Waals surface area (Å²) in [4.78, 5) is 14.9. The van der Waals surface area contributed by atoms with Gasteiger partial charge in [-0.15, -0.1) is 0 Å². The fourth-order valence-electron chi connectivity index (χ4n) is 3.39. The molecule has 0 unspecified atom stereocenters. The maximum Gasteiger partial charge on any atom is 0.339 e. The van der Waals surface area contributed by atoms with Crippen LogP contribution in [-0.4, -0.2) is 39.6 Å². The molecule has 1 atom stereocenters. The fourth-order valence-corrected chi connectivity index (χ4v) is 4.32. The number of nitrogens with zero attached hydrogens (tertiary/aromatic N) is 1. The van der Waals surface area contributed by atoms with E-state index >= 15 is 0 Å². The fraction of sp³-hybridized carbons (Fsp3) is 0.269. The second-order valence-electron chi connectivity index (χ2n) is 7.88. The van der Waals surface area contributed by atoms with Crippen molar-refractivity contribution in [3.8, 4) is 17.2 Å². The van der Waals surface area contributed by atoms with Gasteiger partial charge in [-0.3, -0.25) is 0 Å². The van der Waals surface area contributed by atoms with E-state index in [9.17, 15) is 13.2 Å². The maximum absolute atomic E-state index is 13.2. The predicted molar refractivity (Wildman–Crippen MR) is 135 cm³/mol. The summed E-state index contributed by atoms with van der Waals surface area (Å²) in [6, 6.07) is 19.5. The molecule has 8 nitrogen and oxygen atoms in total. The van der Waals surface area contributed by atoms with Crippen molar-refractivity contribution in [2.75, 3.05) is 19.5 Å². The highest BCUT2D eigenvalue weighted by Gasteiger charge is 2.22. The standard InChI is InChI=1S/C26H30N2O6S/c1-5-19(2)28(26(29)27-24-11-6-7-12-25(24)33-4)18-20-9-8-10-22(17-20)34-35(30,31)23-15-13-21(32-3)14-16-23/h6-17,19H,5,18H2,1-4H3,(H,27,29)/t19-/m0/s1. The van der Waals surface area contributed by atoms with Gasteiger partial charge < -0.3 is 23.9 Å². The Kier molecular flexibility index (Phi) is 8.59. The molecule has 0 aliphatic heterocycles. The van der Waals surface area contributed by atoms with Crippen molar-refractivity contribution in [2.24, 2.45) is 0 Å². The average Bonchev–Trinajstić information content (AvgIpc) is 2.87. The number of benzene rings is 3. The lowest BCUT2D eigenvalue weighted by Gasteiger charge is -2.29. The predicted octanol–water partition coefficient (Wildman–Crippen LogP) is 5.30. The van der Waals surface area contributed by atoms with Gasteiger partial charge in [-0.25, -0.2) is 4.79 Å². The highest BCUT2D eigenvalue weighted by atomic mass is 32.2. The number of amides is 2. The van der Waals surface area contributed by atoms with Crippen molar-refractivity contribution in [1.82, 2.24) is 4.90 Å². The van der Waals surface area contributed by atoms with Crippen molar-refractivity contribution >= 4 is 21.8 Å². The molecule has 0 saturated carbocycles. The zero-order chi connectivity index (χ0) is 25.4. The molecule has 0 saturated heterocycles. The summed E-state index contributed by atoms with van der Waals surface area (Å²) in [7, 11) is -0.982. The monoisotopic (exact) mass is 498 g/mol. The Morgan fingerprint density at radius 1 is 0.943 bits per heavy atom. The van der Waals surface area contributed by atoms with E-state index in [2.05, 4.69) is 5.32 Å². The van der Waals surface area contributed by atoms with Gasteiger partial charge in [-0.2, -0.15) is 8.42 Å². The number of urea groups is 1. The number of ether oxygens (including phenoxy) is 2. The molecular formula is C26H30N2O6S. The summed E-state index contributed by atoms with van der Waals surface area (Å²) in [5.74, 6) is 1.26. The Morgan fingerprint density at radius 3 is 2.31 bits per heavy atom. The van der Waals surface area contributed by atoms with Crippen molar-refractivity contribution in [2.45, 2.75) is 37.8 Å². The van der Waals surface area contributed by atoms with Gasteiger partial charge in [-0.1, -0.05) is 31.2 Å². The van der Waals surface area contributed by atoms with E-state index < -0.39 is 10.1 Å². The number of carbonyl (C=O) groups excluding carboxylic acids is 1. The Labute approximate surface area is 206 Å². The van der Waals surface area contributed by atoms with Gasteiger partial charge in [0.25, 0.3) is 0 Å². The molecule has 1 N–H and O–H groups in total. The lowest BCUT2D eigenvalue weighted by atomic mass is 10.1. The van der Waals surface area contributed by atoms with Gasteiger partial charge in [0.1, 0.15) is 22.1 Å². The van der Waals surface area contributed by atoms with Gasteiger partial charge in [0.15, 0.2) is 0 Å². The van der Waals surface area contributed by atoms with Crippen LogP contribution in [0.5, 0.6) is 17.2 Å². The van der Waals surface area contributed by atoms with E-state index in [1.165, 1.54) is 19.2 Å². The Balaban J connectivity index is 1.78. The number of carbonyl (C=O) groups is 1. The third-order valence-corrected chi connectivity index (χ3v) is 6.80. The van der Waals surface area contributed by atoms with Gasteiger partial charge in [0.2, 0.25) is 0 Å². The Morgan fingerprint density at radius 2 is 1.66 bits per heavy atom. The molecule has 9 heteroatoms. The molecule has 2 amide bonds. The van der Waals surface area contributed by atoms with Crippen LogP contribution in [0.1, 0.15) is 25.8 Å². The topological polar surface area (TPSA) is 94.2 Å². The summed E-state index contributed by atoms with van der Waals surface area (Å²) in [5.41, 5.74) is 1.29. The summed E-state index contributed by atoms with van der Waals surface area (Å²) in [6.07, 6.45) is 0.737. The number of rotatable bonds is 10. The molecule has 0 aliphatic rings. The van der Waals surface area contributed by atoms with Crippen LogP contribution in [0.3, 0.4) is 0 Å². The molecule has 0 bridgehead atoms. The minimum absolute atomic E-state index is 0.0149. The lowest BCUT2D eigenvalue weighted by Crippen LogP contribution is -2.40. The smallest absolute Gasteiger partial charge is 0.339 e. The van der Waals surface area contributed by atoms with Crippen LogP contribution in [0.25, 0.3) is 0 Å². The number of hydrogen-bond donors (Lipinski definition) is 1. The molecule has 3 rings (SSSR count). The molecule has 0 heterocycles. The van der Waals surface area contributed by atoms with Crippen molar-refractivity contribution < 1.29 is 26.9 Å². The second kappa shape index (κ2) is 11.6. The number of anilines is 1. The Bertz CT molecular complexity index is 1240. The van der Waals surface area contributed by atoms with E-state index in [0.29, 0.717) is 17.2 Å². The van der Waals surface area contributed by atoms with Crippen molar-refractivity contribution in [3.05, 3.63) is 78.4 Å². The third-order valence-electron chi connectivity index (χ3n) is 5.54. The maximum atomic E-state index is 13.2. The number of methoxy groups -OCH3 is 2. The van der Waals surface area contributed by atoms with E-state index in [1.807, 2.05) is 32.0 Å². The summed E-state index contributed by atoms with van der Waals surface area (Å²) < 4.78 is 41.2. The van der Waals surface area contributed by atoms with Crippen molar-refractivity contribution in [3.63, 3.8) is 0 Å². The Hall–Kier alpha value is -3.72. The number of nitrogens with one attached hydrogen (secondary N) is 1. The molecule has 3 aromatic rings. The molecule has 35 heavy (non-hydrogen) atoms. The first-order valence-electron chi connectivity index (χ1n) is 11.2. The van der Waals surface area contributed by atoms with Crippen LogP contribution in [0, 0.1) is 0 Å². The van der Waals surface area contributed by atoms with Crippen LogP contribution in [0.15, 0.2) is 77.7 Å². The summed E-state index contributed by atoms with van der Waals surface area (Å²) in [6.45, 7) is 4.21. The first kappa shape index (κ1) is 25.9. The molecule has 186 valence electrons. The number of hydrogen-bond acceptors (Lipinski definition) is 6. The normalized spacial score (nSPS) is 11.9. The molecule has 3 aromatic carbocycles. The van der Waals surface area contributed by atoms with Crippen LogP contribution in [0.2, 0.25) is 0 Å². The quantitative estimate of drug-likeness (QED) is 0.381. The van der Waals surface area contributed by atoms with E-state index in [0.717, 1.165) is 12.0 Å². The molecule has 0 radical (unpaired) electrons. The van der Waals surface area contributed by atoms with Crippen LogP contribution in [0.4, 0.5) is 10.5 Å². The highest BCUT2D eigenvalue weighted by Crippen LogP contribution is 2.26. The van der Waals surface area contributed by atoms with Gasteiger partial charge >= 0.3 is 16.1 Å². The van der Waals surface area contributed by atoms with Gasteiger partial charge in [0, 0.05) is 12.6 Å². The zero-order valence-electron chi connectivity index (χ0n) is 20.2. The molecule has 0 fully saturated rings. The highest BCUT2D eigenvalue weighted by molar-refractivity contribution is 7.87. The largest absolute Gasteiger partial charge is 0.497 e. The van der Waals surface area contributed by atoms with Gasteiger partial charge in [0.05, 0.1) is 19.9 Å². The summed E-state index contributed by atoms with van der Waals surface area (Å²) in [5, 5.41) is 2.91.